The third-order valence-electron chi connectivity index (χ3n) is 4.37. The molecule has 0 radical (unpaired) electrons. The van der Waals surface area contributed by atoms with Gasteiger partial charge < -0.3 is 22.9 Å². The fourth-order valence-corrected chi connectivity index (χ4v) is 3.18. The molecule has 8 N–H and O–H groups in total. The molecule has 2 amide bonds. The Morgan fingerprint density at radius 3 is 2.04 bits per heavy atom. The summed E-state index contributed by atoms with van der Waals surface area (Å²) in [4.78, 5) is 49.4. The fraction of sp³-hybridized carbons (Fsp3) is 0.125. The Hall–Kier alpha value is -3.26. The molecule has 24 heavy (non-hydrogen) atoms. The van der Waals surface area contributed by atoms with Crippen LogP contribution in [-0.2, 0) is 9.59 Å². The van der Waals surface area contributed by atoms with Crippen LogP contribution in [0.2, 0.25) is 0 Å². The van der Waals surface area contributed by atoms with Gasteiger partial charge in [-0.2, -0.15) is 0 Å². The first kappa shape index (κ1) is 15.6. The SMILES string of the molecule is NC(=O)C1C=C(N)C2=C(C(=O)c3ccccc3C2=O)C1(N)C(N)=O. The van der Waals surface area contributed by atoms with Crippen molar-refractivity contribution >= 4 is 23.4 Å². The van der Waals surface area contributed by atoms with E-state index in [1.54, 1.807) is 12.1 Å². The summed E-state index contributed by atoms with van der Waals surface area (Å²) in [6, 6.07) is 6.05. The van der Waals surface area contributed by atoms with Gasteiger partial charge in [-0.25, -0.2) is 0 Å². The smallest absolute Gasteiger partial charge is 0.243 e. The molecule has 0 saturated carbocycles. The van der Waals surface area contributed by atoms with Crippen LogP contribution in [0.4, 0.5) is 0 Å². The minimum Gasteiger partial charge on any atom is -0.398 e. The van der Waals surface area contributed by atoms with E-state index in [4.69, 9.17) is 22.9 Å². The zero-order chi connectivity index (χ0) is 17.8. The molecule has 0 bridgehead atoms. The molecular weight excluding hydrogens is 312 g/mol. The average molecular weight is 326 g/mol. The number of rotatable bonds is 2. The molecule has 8 nitrogen and oxygen atoms in total. The number of nitrogens with two attached hydrogens (primary N) is 4. The highest BCUT2D eigenvalue weighted by molar-refractivity contribution is 6.31. The highest BCUT2D eigenvalue weighted by Crippen LogP contribution is 2.41. The van der Waals surface area contributed by atoms with Crippen molar-refractivity contribution in [3.05, 3.63) is 58.3 Å². The first-order valence-electron chi connectivity index (χ1n) is 7.00. The van der Waals surface area contributed by atoms with Gasteiger partial charge in [0.25, 0.3) is 0 Å². The number of benzene rings is 1. The zero-order valence-corrected chi connectivity index (χ0v) is 12.4. The average Bonchev–Trinajstić information content (AvgIpc) is 2.53. The van der Waals surface area contributed by atoms with Crippen molar-refractivity contribution in [3.8, 4) is 0 Å². The Morgan fingerprint density at radius 2 is 1.54 bits per heavy atom. The summed E-state index contributed by atoms with van der Waals surface area (Å²) < 4.78 is 0. The van der Waals surface area contributed by atoms with Crippen LogP contribution >= 0.6 is 0 Å². The number of carbonyl (C=O) groups is 4. The van der Waals surface area contributed by atoms with E-state index in [-0.39, 0.29) is 28.0 Å². The van der Waals surface area contributed by atoms with E-state index in [1.165, 1.54) is 12.1 Å². The lowest BCUT2D eigenvalue weighted by molar-refractivity contribution is -0.129. The van der Waals surface area contributed by atoms with E-state index in [2.05, 4.69) is 0 Å². The lowest BCUT2D eigenvalue weighted by Crippen LogP contribution is -2.65. The number of carbonyl (C=O) groups excluding carboxylic acids is 4. The maximum Gasteiger partial charge on any atom is 0.243 e. The maximum atomic E-state index is 12.9. The molecule has 2 atom stereocenters. The standard InChI is InChI=1S/C16H14N4O4/c17-9-5-8(14(18)23)16(20,15(19)24)11-10(9)12(21)6-3-1-2-4-7(6)13(11)22/h1-5,8H,17,20H2,(H2,18,23)(H2,19,24). The minimum atomic E-state index is -2.25. The lowest BCUT2D eigenvalue weighted by atomic mass is 9.65. The van der Waals surface area contributed by atoms with Crippen LogP contribution in [0.5, 0.6) is 0 Å². The number of hydrogen-bond acceptors (Lipinski definition) is 6. The summed E-state index contributed by atoms with van der Waals surface area (Å²) >= 11 is 0. The van der Waals surface area contributed by atoms with Crippen molar-refractivity contribution < 1.29 is 19.2 Å². The number of Topliss-reactive ketones (excluding diaryl/α,β-unsaturated/α-hetero) is 2. The Balaban J connectivity index is 2.38. The molecule has 0 saturated heterocycles. The van der Waals surface area contributed by atoms with E-state index < -0.39 is 34.8 Å². The molecule has 2 aliphatic carbocycles. The highest BCUT2D eigenvalue weighted by Gasteiger charge is 2.55. The minimum absolute atomic E-state index is 0.0650. The van der Waals surface area contributed by atoms with Gasteiger partial charge in [-0.1, -0.05) is 24.3 Å². The van der Waals surface area contributed by atoms with E-state index >= 15 is 0 Å². The van der Waals surface area contributed by atoms with Crippen LogP contribution in [0.15, 0.2) is 47.2 Å². The van der Waals surface area contributed by atoms with Crippen molar-refractivity contribution in [3.63, 3.8) is 0 Å². The quantitative estimate of drug-likeness (QED) is 0.515. The number of allylic oxidation sites excluding steroid dienone is 1. The largest absolute Gasteiger partial charge is 0.398 e. The number of hydrogen-bond donors (Lipinski definition) is 4. The Bertz CT molecular complexity index is 899. The van der Waals surface area contributed by atoms with Gasteiger partial charge in [0.2, 0.25) is 11.8 Å². The topological polar surface area (TPSA) is 172 Å². The van der Waals surface area contributed by atoms with Crippen molar-refractivity contribution in [1.82, 2.24) is 0 Å². The number of primary amides is 2. The number of ketones is 2. The van der Waals surface area contributed by atoms with Crippen LogP contribution in [0.3, 0.4) is 0 Å². The molecule has 2 unspecified atom stereocenters. The summed E-state index contributed by atoms with van der Waals surface area (Å²) in [6.07, 6.45) is 1.10. The predicted molar refractivity (Wildman–Crippen MR) is 83.2 cm³/mol. The molecular formula is C16H14N4O4. The molecule has 0 fully saturated rings. The first-order valence-corrected chi connectivity index (χ1v) is 7.00. The van der Waals surface area contributed by atoms with Gasteiger partial charge >= 0.3 is 0 Å². The van der Waals surface area contributed by atoms with Crippen LogP contribution in [0.25, 0.3) is 0 Å². The van der Waals surface area contributed by atoms with Gasteiger partial charge in [-0.15, -0.1) is 0 Å². The van der Waals surface area contributed by atoms with Crippen LogP contribution in [0.1, 0.15) is 20.7 Å². The summed E-state index contributed by atoms with van der Waals surface area (Å²) in [5.41, 5.74) is 19.8. The molecule has 0 aromatic heterocycles. The van der Waals surface area contributed by atoms with Crippen LogP contribution in [0, 0.1) is 5.92 Å². The Kier molecular flexibility index (Phi) is 3.17. The van der Waals surface area contributed by atoms with Crippen molar-refractivity contribution in [1.29, 1.82) is 0 Å². The van der Waals surface area contributed by atoms with Crippen LogP contribution in [-0.4, -0.2) is 28.9 Å². The molecule has 8 heteroatoms. The predicted octanol–water partition coefficient (Wildman–Crippen LogP) is -1.50. The van der Waals surface area contributed by atoms with E-state index in [9.17, 15) is 19.2 Å². The molecule has 2 aliphatic rings. The molecule has 122 valence electrons. The van der Waals surface area contributed by atoms with Gasteiger partial charge in [0.1, 0.15) is 5.54 Å². The van der Waals surface area contributed by atoms with E-state index in [1.807, 2.05) is 0 Å². The third-order valence-corrected chi connectivity index (χ3v) is 4.37. The normalized spacial score (nSPS) is 25.7. The van der Waals surface area contributed by atoms with Crippen molar-refractivity contribution in [2.45, 2.75) is 5.54 Å². The molecule has 1 aromatic rings. The zero-order valence-electron chi connectivity index (χ0n) is 12.4. The van der Waals surface area contributed by atoms with Gasteiger partial charge in [-0.3, -0.25) is 19.2 Å². The third kappa shape index (κ3) is 1.77. The second-order valence-corrected chi connectivity index (χ2v) is 5.69. The van der Waals surface area contributed by atoms with Gasteiger partial charge in [0, 0.05) is 22.4 Å². The summed E-state index contributed by atoms with van der Waals surface area (Å²) in [5.74, 6) is -4.81. The van der Waals surface area contributed by atoms with Gasteiger partial charge in [0.15, 0.2) is 11.6 Å². The second-order valence-electron chi connectivity index (χ2n) is 5.69. The summed E-state index contributed by atoms with van der Waals surface area (Å²) in [6.45, 7) is 0. The fourth-order valence-electron chi connectivity index (χ4n) is 3.18. The summed E-state index contributed by atoms with van der Waals surface area (Å²) in [5, 5.41) is 0. The Labute approximate surface area is 136 Å². The van der Waals surface area contributed by atoms with Crippen molar-refractivity contribution in [2.24, 2.45) is 28.9 Å². The monoisotopic (exact) mass is 326 g/mol. The van der Waals surface area contributed by atoms with E-state index in [0.29, 0.717) is 0 Å². The second kappa shape index (κ2) is 4.87. The molecule has 0 spiro atoms. The molecule has 0 heterocycles. The molecule has 0 aliphatic heterocycles. The summed E-state index contributed by atoms with van der Waals surface area (Å²) in [7, 11) is 0. The number of fused-ring (bicyclic) bond motifs is 1. The Morgan fingerprint density at radius 1 is 1.00 bits per heavy atom. The molecule has 3 rings (SSSR count). The van der Waals surface area contributed by atoms with E-state index in [0.717, 1.165) is 6.08 Å². The van der Waals surface area contributed by atoms with Gasteiger partial charge in [-0.05, 0) is 6.08 Å². The van der Waals surface area contributed by atoms with Crippen LogP contribution < -0.4 is 22.9 Å². The van der Waals surface area contributed by atoms with Gasteiger partial charge in [0.05, 0.1) is 11.5 Å². The molecule has 1 aromatic carbocycles. The highest BCUT2D eigenvalue weighted by atomic mass is 16.2. The number of amides is 2. The maximum absolute atomic E-state index is 12.9. The van der Waals surface area contributed by atoms with Crippen molar-refractivity contribution in [2.75, 3.05) is 0 Å². The lowest BCUT2D eigenvalue weighted by Gasteiger charge is -2.39. The first-order chi connectivity index (χ1) is 11.2.